The maximum Gasteiger partial charge on any atom is 0.416 e. The lowest BCUT2D eigenvalue weighted by molar-refractivity contribution is -0.384. The number of alkyl carbamates (subject to hydrolysis) is 1. The van der Waals surface area contributed by atoms with E-state index >= 15 is 0 Å². The number of amides is 2. The first-order valence-electron chi connectivity index (χ1n) is 14.9. The Bertz CT molecular complexity index is 1510. The lowest BCUT2D eigenvalue weighted by Crippen LogP contribution is -2.46. The van der Waals surface area contributed by atoms with Crippen molar-refractivity contribution in [2.45, 2.75) is 97.9 Å². The number of benzene rings is 1. The Morgan fingerprint density at radius 2 is 1.75 bits per heavy atom. The van der Waals surface area contributed by atoms with Gasteiger partial charge in [-0.25, -0.2) is 14.6 Å². The molecule has 3 heterocycles. The number of hydrogen-bond donors (Lipinski definition) is 1. The predicted octanol–water partition coefficient (Wildman–Crippen LogP) is 6.20. The summed E-state index contributed by atoms with van der Waals surface area (Å²) in [7, 11) is 0. The summed E-state index contributed by atoms with van der Waals surface area (Å²) in [5.41, 5.74) is 0.634. The summed E-state index contributed by atoms with van der Waals surface area (Å²) < 4.78 is 12.8. The normalized spacial score (nSPS) is 14.5. The highest BCUT2D eigenvalue weighted by molar-refractivity contribution is 5.88. The molecule has 1 aliphatic heterocycles. The van der Waals surface area contributed by atoms with Gasteiger partial charge < -0.3 is 19.7 Å². The molecular formula is C31H43N7O6. The molecule has 3 aromatic rings. The Labute approximate surface area is 257 Å². The van der Waals surface area contributed by atoms with Crippen molar-refractivity contribution < 1.29 is 24.0 Å². The Balaban J connectivity index is 1.72. The number of carbonyl (C=O) groups excluding carboxylic acids is 2. The van der Waals surface area contributed by atoms with Gasteiger partial charge in [0.2, 0.25) is 0 Å². The fourth-order valence-corrected chi connectivity index (χ4v) is 4.95. The largest absolute Gasteiger partial charge is 0.444 e. The Morgan fingerprint density at radius 1 is 1.09 bits per heavy atom. The van der Waals surface area contributed by atoms with Crippen molar-refractivity contribution in [3.8, 4) is 0 Å². The third-order valence-electron chi connectivity index (χ3n) is 6.98. The molecule has 1 aromatic carbocycles. The molecule has 13 nitrogen and oxygen atoms in total. The van der Waals surface area contributed by atoms with Gasteiger partial charge in [0.15, 0.2) is 5.65 Å². The molecule has 0 atom stereocenters. The van der Waals surface area contributed by atoms with E-state index in [4.69, 9.17) is 14.5 Å². The molecule has 0 saturated carbocycles. The summed E-state index contributed by atoms with van der Waals surface area (Å²) in [5, 5.41) is 19.0. The first-order chi connectivity index (χ1) is 20.5. The van der Waals surface area contributed by atoms with Gasteiger partial charge >= 0.3 is 12.2 Å². The minimum atomic E-state index is -0.788. The number of nitrogens with zero attached hydrogens (tertiary/aromatic N) is 6. The van der Waals surface area contributed by atoms with Gasteiger partial charge in [-0.2, -0.15) is 9.61 Å². The molecule has 2 aromatic heterocycles. The zero-order chi connectivity index (χ0) is 32.4. The number of ether oxygens (including phenoxy) is 2. The van der Waals surface area contributed by atoms with E-state index in [0.717, 1.165) is 5.56 Å². The minimum absolute atomic E-state index is 0.00784. The standard InChI is InChI=1S/C31H43N7O6/c1-20(2)24-18-32-37-26(36(29(40)44-31(6,7)8)19-21-10-9-11-23(16-21)38(41)42)17-25(34-27(24)37)35-14-12-22(13-15-35)33-28(39)43-30(3,4)5/h9-11,16-18,20,22H,12-15,19H2,1-8H3,(H,33,39). The third kappa shape index (κ3) is 8.14. The number of piperidine rings is 1. The van der Waals surface area contributed by atoms with Crippen LogP contribution in [0, 0.1) is 10.1 Å². The molecule has 0 bridgehead atoms. The van der Waals surface area contributed by atoms with E-state index in [-0.39, 0.29) is 24.2 Å². The van der Waals surface area contributed by atoms with E-state index in [9.17, 15) is 19.7 Å². The zero-order valence-electron chi connectivity index (χ0n) is 26.8. The lowest BCUT2D eigenvalue weighted by Gasteiger charge is -2.34. The van der Waals surface area contributed by atoms with E-state index in [1.165, 1.54) is 17.0 Å². The first-order valence-corrected chi connectivity index (χ1v) is 14.9. The molecule has 1 fully saturated rings. The van der Waals surface area contributed by atoms with Crippen LogP contribution in [0.4, 0.5) is 26.9 Å². The monoisotopic (exact) mass is 609 g/mol. The van der Waals surface area contributed by atoms with Crippen LogP contribution >= 0.6 is 0 Å². The summed E-state index contributed by atoms with van der Waals surface area (Å²) >= 11 is 0. The van der Waals surface area contributed by atoms with Crippen molar-refractivity contribution in [3.05, 3.63) is 57.8 Å². The number of fused-ring (bicyclic) bond motifs is 1. The number of carbonyl (C=O) groups is 2. The minimum Gasteiger partial charge on any atom is -0.444 e. The predicted molar refractivity (Wildman–Crippen MR) is 167 cm³/mol. The van der Waals surface area contributed by atoms with Crippen molar-refractivity contribution in [3.63, 3.8) is 0 Å². The first kappa shape index (κ1) is 32.5. The quantitative estimate of drug-likeness (QED) is 0.245. The van der Waals surface area contributed by atoms with Crippen LogP contribution in [0.5, 0.6) is 0 Å². The zero-order valence-corrected chi connectivity index (χ0v) is 26.8. The summed E-state index contributed by atoms with van der Waals surface area (Å²) in [6.07, 6.45) is 2.05. The number of nitro benzene ring substituents is 1. The smallest absolute Gasteiger partial charge is 0.416 e. The molecular weight excluding hydrogens is 566 g/mol. The molecule has 0 spiro atoms. The Hall–Kier alpha value is -4.42. The highest BCUT2D eigenvalue weighted by Crippen LogP contribution is 2.31. The second kappa shape index (κ2) is 12.7. The maximum absolute atomic E-state index is 13.7. The second-order valence-corrected chi connectivity index (χ2v) is 13.4. The van der Waals surface area contributed by atoms with Crippen LogP contribution in [-0.4, -0.2) is 62.0 Å². The molecule has 1 saturated heterocycles. The van der Waals surface area contributed by atoms with Gasteiger partial charge in [-0.1, -0.05) is 26.0 Å². The molecule has 0 aliphatic carbocycles. The van der Waals surface area contributed by atoms with Crippen molar-refractivity contribution in [1.29, 1.82) is 0 Å². The van der Waals surface area contributed by atoms with Crippen LogP contribution in [-0.2, 0) is 16.0 Å². The van der Waals surface area contributed by atoms with Crippen LogP contribution in [0.2, 0.25) is 0 Å². The van der Waals surface area contributed by atoms with E-state index in [2.05, 4.69) is 15.3 Å². The average Bonchev–Trinajstić information content (AvgIpc) is 3.34. The Morgan fingerprint density at radius 3 is 2.34 bits per heavy atom. The van der Waals surface area contributed by atoms with Gasteiger partial charge in [-0.3, -0.25) is 15.0 Å². The highest BCUT2D eigenvalue weighted by Gasteiger charge is 2.30. The summed E-state index contributed by atoms with van der Waals surface area (Å²) in [5.74, 6) is 1.18. The molecule has 238 valence electrons. The molecule has 2 amide bonds. The van der Waals surface area contributed by atoms with Gasteiger partial charge in [0.1, 0.15) is 22.8 Å². The van der Waals surface area contributed by atoms with E-state index in [1.54, 1.807) is 49.7 Å². The van der Waals surface area contributed by atoms with E-state index in [1.807, 2.05) is 34.6 Å². The van der Waals surface area contributed by atoms with E-state index in [0.29, 0.717) is 48.8 Å². The SMILES string of the molecule is CC(C)c1cnn2c(N(Cc3cccc([N+](=O)[O-])c3)C(=O)OC(C)(C)C)cc(N3CCC(NC(=O)OC(C)(C)C)CC3)nc12. The van der Waals surface area contributed by atoms with Crippen molar-refractivity contribution in [2.75, 3.05) is 22.9 Å². The van der Waals surface area contributed by atoms with Gasteiger partial charge in [0.05, 0.1) is 17.7 Å². The number of anilines is 2. The number of aromatic nitrogens is 3. The van der Waals surface area contributed by atoms with Gasteiger partial charge in [-0.15, -0.1) is 0 Å². The molecule has 1 aliphatic rings. The van der Waals surface area contributed by atoms with Crippen molar-refractivity contribution in [2.24, 2.45) is 0 Å². The van der Waals surface area contributed by atoms with Gasteiger partial charge in [0.25, 0.3) is 5.69 Å². The fourth-order valence-electron chi connectivity index (χ4n) is 4.95. The molecule has 1 N–H and O–H groups in total. The number of hydrogen-bond acceptors (Lipinski definition) is 9. The summed E-state index contributed by atoms with van der Waals surface area (Å²) in [6.45, 7) is 16.2. The van der Waals surface area contributed by atoms with Crippen LogP contribution in [0.25, 0.3) is 5.65 Å². The lowest BCUT2D eigenvalue weighted by atomic mass is 10.1. The molecule has 44 heavy (non-hydrogen) atoms. The molecule has 0 radical (unpaired) electrons. The average molecular weight is 610 g/mol. The maximum atomic E-state index is 13.7. The van der Waals surface area contributed by atoms with Crippen molar-refractivity contribution >= 4 is 35.2 Å². The van der Waals surface area contributed by atoms with Crippen LogP contribution < -0.4 is 15.1 Å². The number of nitrogens with one attached hydrogen (secondary N) is 1. The van der Waals surface area contributed by atoms with Gasteiger partial charge in [-0.05, 0) is 65.9 Å². The molecule has 4 rings (SSSR count). The number of non-ortho nitro benzene ring substituents is 1. The fraction of sp³-hybridized carbons (Fsp3) is 0.548. The van der Waals surface area contributed by atoms with Crippen LogP contribution in [0.1, 0.15) is 85.3 Å². The number of nitro groups is 1. The third-order valence-corrected chi connectivity index (χ3v) is 6.98. The second-order valence-electron chi connectivity index (χ2n) is 13.4. The highest BCUT2D eigenvalue weighted by atomic mass is 16.6. The van der Waals surface area contributed by atoms with Crippen molar-refractivity contribution in [1.82, 2.24) is 19.9 Å². The summed E-state index contributed by atoms with van der Waals surface area (Å²) in [4.78, 5) is 45.6. The molecule has 0 unspecified atom stereocenters. The van der Waals surface area contributed by atoms with Crippen LogP contribution in [0.15, 0.2) is 36.5 Å². The van der Waals surface area contributed by atoms with Crippen LogP contribution in [0.3, 0.4) is 0 Å². The Kier molecular flexibility index (Phi) is 9.36. The van der Waals surface area contributed by atoms with E-state index < -0.39 is 28.3 Å². The molecule has 13 heteroatoms. The topological polar surface area (TPSA) is 144 Å². The van der Waals surface area contributed by atoms with Gasteiger partial charge in [0, 0.05) is 42.9 Å². The number of rotatable bonds is 7. The summed E-state index contributed by atoms with van der Waals surface area (Å²) in [6, 6.07) is 7.93.